The summed E-state index contributed by atoms with van der Waals surface area (Å²) in [5.74, 6) is 1.04. The maximum Gasteiger partial charge on any atom is 0.136 e. The summed E-state index contributed by atoms with van der Waals surface area (Å²) < 4.78 is 0. The van der Waals surface area contributed by atoms with Gasteiger partial charge in [0.25, 0.3) is 0 Å². The molecule has 0 aromatic heterocycles. The average molecular weight is 226 g/mol. The molecule has 0 aromatic carbocycles. The van der Waals surface area contributed by atoms with Gasteiger partial charge in [0.1, 0.15) is 5.78 Å². The largest absolute Gasteiger partial charge is 0.396 e. The number of hydrogen-bond acceptors (Lipinski definition) is 4. The highest BCUT2D eigenvalue weighted by Crippen LogP contribution is 2.52. The summed E-state index contributed by atoms with van der Waals surface area (Å²) in [5, 5.41) is 9.23. The standard InChI is InChI=1S/C12H22N2O2/c1-2-9-10(12(9,13)14)5-8-7(6-15)3-4-11(8)16/h7-10,15H,2-6,13-14H2,1H3. The van der Waals surface area contributed by atoms with Crippen LogP contribution >= 0.6 is 0 Å². The van der Waals surface area contributed by atoms with Gasteiger partial charge >= 0.3 is 0 Å². The molecule has 2 aliphatic carbocycles. The number of carbonyl (C=O) groups is 1. The number of ketones is 1. The normalized spacial score (nSPS) is 41.4. The van der Waals surface area contributed by atoms with E-state index in [2.05, 4.69) is 6.92 Å². The van der Waals surface area contributed by atoms with Crippen molar-refractivity contribution in [3.63, 3.8) is 0 Å². The Morgan fingerprint density at radius 1 is 1.44 bits per heavy atom. The summed E-state index contributed by atoms with van der Waals surface area (Å²) >= 11 is 0. The molecule has 5 N–H and O–H groups in total. The van der Waals surface area contributed by atoms with Crippen molar-refractivity contribution in [3.8, 4) is 0 Å². The van der Waals surface area contributed by atoms with E-state index in [1.54, 1.807) is 0 Å². The first kappa shape index (κ1) is 12.0. The van der Waals surface area contributed by atoms with Gasteiger partial charge in [0.15, 0.2) is 0 Å². The highest BCUT2D eigenvalue weighted by molar-refractivity contribution is 5.83. The second-order valence-electron chi connectivity index (χ2n) is 5.41. The Morgan fingerprint density at radius 3 is 2.62 bits per heavy atom. The number of aliphatic hydroxyl groups is 1. The van der Waals surface area contributed by atoms with E-state index in [4.69, 9.17) is 11.5 Å². The lowest BCUT2D eigenvalue weighted by Gasteiger charge is -2.16. The molecule has 2 fully saturated rings. The van der Waals surface area contributed by atoms with E-state index in [1.807, 2.05) is 0 Å². The smallest absolute Gasteiger partial charge is 0.136 e. The molecule has 0 aromatic rings. The molecule has 0 aliphatic heterocycles. The number of Topliss-reactive ketones (excluding diaryl/α,β-unsaturated/α-hetero) is 1. The quantitative estimate of drug-likeness (QED) is 0.599. The van der Waals surface area contributed by atoms with Gasteiger partial charge in [-0.25, -0.2) is 0 Å². The molecule has 0 radical (unpaired) electrons. The highest BCUT2D eigenvalue weighted by Gasteiger charge is 2.59. The molecule has 2 saturated carbocycles. The Morgan fingerprint density at radius 2 is 2.12 bits per heavy atom. The van der Waals surface area contributed by atoms with Crippen molar-refractivity contribution in [2.75, 3.05) is 6.61 Å². The van der Waals surface area contributed by atoms with Gasteiger partial charge in [-0.2, -0.15) is 0 Å². The van der Waals surface area contributed by atoms with Crippen LogP contribution in [0.5, 0.6) is 0 Å². The molecule has 4 atom stereocenters. The third-order valence-corrected chi connectivity index (χ3v) is 4.59. The molecule has 4 heteroatoms. The Kier molecular flexibility index (Phi) is 3.07. The van der Waals surface area contributed by atoms with Crippen molar-refractivity contribution in [1.29, 1.82) is 0 Å². The lowest BCUT2D eigenvalue weighted by Crippen LogP contribution is -2.38. The molecule has 0 spiro atoms. The Balaban J connectivity index is 1.97. The Hall–Kier alpha value is -0.450. The molecule has 4 unspecified atom stereocenters. The number of aliphatic hydroxyl groups excluding tert-OH is 1. The molecule has 0 amide bonds. The van der Waals surface area contributed by atoms with Crippen LogP contribution in [0.1, 0.15) is 32.6 Å². The zero-order chi connectivity index (χ0) is 11.9. The minimum atomic E-state index is -0.572. The van der Waals surface area contributed by atoms with Crippen LogP contribution < -0.4 is 11.5 Å². The molecule has 0 saturated heterocycles. The summed E-state index contributed by atoms with van der Waals surface area (Å²) in [6.45, 7) is 2.20. The van der Waals surface area contributed by atoms with Crippen LogP contribution in [-0.4, -0.2) is 23.2 Å². The van der Waals surface area contributed by atoms with Gasteiger partial charge in [0, 0.05) is 18.9 Å². The first-order valence-electron chi connectivity index (χ1n) is 6.23. The third kappa shape index (κ3) is 1.79. The highest BCUT2D eigenvalue weighted by atomic mass is 16.3. The van der Waals surface area contributed by atoms with Crippen LogP contribution in [0.15, 0.2) is 0 Å². The molecular weight excluding hydrogens is 204 g/mol. The first-order chi connectivity index (χ1) is 7.52. The number of rotatable bonds is 4. The summed E-state index contributed by atoms with van der Waals surface area (Å²) in [7, 11) is 0. The van der Waals surface area contributed by atoms with Crippen LogP contribution in [0.3, 0.4) is 0 Å². The first-order valence-corrected chi connectivity index (χ1v) is 6.23. The van der Waals surface area contributed by atoms with Crippen LogP contribution in [0.25, 0.3) is 0 Å². The van der Waals surface area contributed by atoms with E-state index in [0.717, 1.165) is 19.3 Å². The maximum atomic E-state index is 11.7. The summed E-state index contributed by atoms with van der Waals surface area (Å²) in [6.07, 6.45) is 3.19. The number of carbonyl (C=O) groups excluding carboxylic acids is 1. The van der Waals surface area contributed by atoms with E-state index in [0.29, 0.717) is 12.3 Å². The van der Waals surface area contributed by atoms with Gasteiger partial charge in [-0.1, -0.05) is 6.92 Å². The van der Waals surface area contributed by atoms with Gasteiger partial charge < -0.3 is 16.6 Å². The molecule has 0 heterocycles. The zero-order valence-electron chi connectivity index (χ0n) is 9.86. The van der Waals surface area contributed by atoms with Gasteiger partial charge in [-0.05, 0) is 37.0 Å². The van der Waals surface area contributed by atoms with Crippen molar-refractivity contribution in [2.45, 2.75) is 38.3 Å². The molecule has 16 heavy (non-hydrogen) atoms. The summed E-state index contributed by atoms with van der Waals surface area (Å²) in [6, 6.07) is 0. The monoisotopic (exact) mass is 226 g/mol. The van der Waals surface area contributed by atoms with Crippen molar-refractivity contribution >= 4 is 5.78 Å². The zero-order valence-corrected chi connectivity index (χ0v) is 9.86. The van der Waals surface area contributed by atoms with Crippen LogP contribution in [0.2, 0.25) is 0 Å². The minimum absolute atomic E-state index is 0.00183. The van der Waals surface area contributed by atoms with Gasteiger partial charge in [-0.15, -0.1) is 0 Å². The van der Waals surface area contributed by atoms with Crippen LogP contribution in [-0.2, 0) is 4.79 Å². The second kappa shape index (κ2) is 4.09. The van der Waals surface area contributed by atoms with E-state index in [9.17, 15) is 9.90 Å². The predicted molar refractivity (Wildman–Crippen MR) is 61.3 cm³/mol. The molecule has 2 rings (SSSR count). The average Bonchev–Trinajstić information content (AvgIpc) is 2.58. The third-order valence-electron chi connectivity index (χ3n) is 4.59. The number of hydrogen-bond donors (Lipinski definition) is 3. The summed E-state index contributed by atoms with van der Waals surface area (Å²) in [4.78, 5) is 11.7. The van der Waals surface area contributed by atoms with Crippen molar-refractivity contribution in [2.24, 2.45) is 35.1 Å². The molecular formula is C12H22N2O2. The topological polar surface area (TPSA) is 89.3 Å². The van der Waals surface area contributed by atoms with E-state index < -0.39 is 5.66 Å². The second-order valence-corrected chi connectivity index (χ2v) is 5.41. The fraction of sp³-hybridized carbons (Fsp3) is 0.917. The van der Waals surface area contributed by atoms with Gasteiger partial charge in [0.2, 0.25) is 0 Å². The Labute approximate surface area is 96.4 Å². The SMILES string of the molecule is CCC1C(CC2C(=O)CCC2CO)C1(N)N. The van der Waals surface area contributed by atoms with E-state index in [1.165, 1.54) is 0 Å². The van der Waals surface area contributed by atoms with Crippen LogP contribution in [0.4, 0.5) is 0 Å². The van der Waals surface area contributed by atoms with Crippen molar-refractivity contribution in [3.05, 3.63) is 0 Å². The lowest BCUT2D eigenvalue weighted by atomic mass is 9.90. The molecule has 4 nitrogen and oxygen atoms in total. The van der Waals surface area contributed by atoms with Crippen LogP contribution in [0, 0.1) is 23.7 Å². The lowest BCUT2D eigenvalue weighted by molar-refractivity contribution is -0.121. The van der Waals surface area contributed by atoms with E-state index >= 15 is 0 Å². The van der Waals surface area contributed by atoms with Crippen molar-refractivity contribution < 1.29 is 9.90 Å². The van der Waals surface area contributed by atoms with Gasteiger partial charge in [0.05, 0.1) is 5.66 Å². The maximum absolute atomic E-state index is 11.7. The fourth-order valence-corrected chi connectivity index (χ4v) is 3.39. The van der Waals surface area contributed by atoms with Gasteiger partial charge in [-0.3, -0.25) is 4.79 Å². The molecule has 0 bridgehead atoms. The predicted octanol–water partition coefficient (Wildman–Crippen LogP) is 0.234. The number of nitrogens with two attached hydrogens (primary N) is 2. The molecule has 92 valence electrons. The Bertz CT molecular complexity index is 291. The molecule has 2 aliphatic rings. The minimum Gasteiger partial charge on any atom is -0.396 e. The van der Waals surface area contributed by atoms with Crippen molar-refractivity contribution in [1.82, 2.24) is 0 Å². The summed E-state index contributed by atoms with van der Waals surface area (Å²) in [5.41, 5.74) is 11.4. The fourth-order valence-electron chi connectivity index (χ4n) is 3.39. The van der Waals surface area contributed by atoms with E-state index in [-0.39, 0.29) is 30.1 Å².